The second-order valence-corrected chi connectivity index (χ2v) is 6.55. The monoisotopic (exact) mass is 363 g/mol. The quantitative estimate of drug-likeness (QED) is 0.824. The second-order valence-electron chi connectivity index (χ2n) is 4.18. The van der Waals surface area contributed by atoms with Crippen molar-refractivity contribution >= 4 is 56.1 Å². The van der Waals surface area contributed by atoms with Gasteiger partial charge in [0.25, 0.3) is 0 Å². The fourth-order valence-corrected chi connectivity index (χ4v) is 3.17. The average Bonchev–Trinajstić information content (AvgIpc) is 2.68. The molecule has 5 nitrogen and oxygen atoms in total. The molecule has 2 heterocycles. The molecule has 1 atom stereocenters. The summed E-state index contributed by atoms with van der Waals surface area (Å²) in [4.78, 5) is 32.6. The highest BCUT2D eigenvalue weighted by molar-refractivity contribution is 9.10. The lowest BCUT2D eigenvalue weighted by molar-refractivity contribution is -0.117. The Morgan fingerprint density at radius 1 is 1.68 bits per heavy atom. The van der Waals surface area contributed by atoms with E-state index in [4.69, 9.17) is 11.6 Å². The van der Waals surface area contributed by atoms with E-state index in [1.165, 1.54) is 29.8 Å². The summed E-state index contributed by atoms with van der Waals surface area (Å²) in [6, 6.07) is 0. The van der Waals surface area contributed by atoms with Gasteiger partial charge in [-0.15, -0.1) is 0 Å². The van der Waals surface area contributed by atoms with Gasteiger partial charge >= 0.3 is 0 Å². The standard InChI is InChI=1S/C11H11BrClN3O2S/c1-6(17)19-5-7-2-9(18)16(4-7)11-10(13)15-8(12)3-14-11/h3,7H,2,4-5H2,1H3. The summed E-state index contributed by atoms with van der Waals surface area (Å²) in [5.74, 6) is 1.12. The van der Waals surface area contributed by atoms with Crippen LogP contribution < -0.4 is 4.90 Å². The number of rotatable bonds is 3. The Morgan fingerprint density at radius 3 is 3.05 bits per heavy atom. The fraction of sp³-hybridized carbons (Fsp3) is 0.455. The van der Waals surface area contributed by atoms with Crippen LogP contribution in [-0.4, -0.2) is 33.3 Å². The van der Waals surface area contributed by atoms with Gasteiger partial charge in [-0.2, -0.15) is 0 Å². The highest BCUT2D eigenvalue weighted by atomic mass is 79.9. The smallest absolute Gasteiger partial charge is 0.228 e. The number of carbonyl (C=O) groups excluding carboxylic acids is 2. The summed E-state index contributed by atoms with van der Waals surface area (Å²) in [6.07, 6.45) is 1.92. The molecule has 8 heteroatoms. The Morgan fingerprint density at radius 2 is 2.42 bits per heavy atom. The molecule has 102 valence electrons. The summed E-state index contributed by atoms with van der Waals surface area (Å²) in [5.41, 5.74) is 0. The van der Waals surface area contributed by atoms with E-state index in [9.17, 15) is 9.59 Å². The molecule has 0 aliphatic carbocycles. The molecule has 0 spiro atoms. The molecule has 1 saturated heterocycles. The predicted octanol–water partition coefficient (Wildman–Crippen LogP) is 2.53. The molecule has 0 N–H and O–H groups in total. The van der Waals surface area contributed by atoms with E-state index in [0.717, 1.165) is 0 Å². The number of amides is 1. The molecule has 0 radical (unpaired) electrons. The van der Waals surface area contributed by atoms with Gasteiger partial charge in [0.1, 0.15) is 4.60 Å². The van der Waals surface area contributed by atoms with E-state index in [1.807, 2.05) is 0 Å². The van der Waals surface area contributed by atoms with Gasteiger partial charge < -0.3 is 0 Å². The Hall–Kier alpha value is -0.660. The van der Waals surface area contributed by atoms with Crippen LogP contribution in [-0.2, 0) is 9.59 Å². The van der Waals surface area contributed by atoms with Crippen LogP contribution in [0.5, 0.6) is 0 Å². The lowest BCUT2D eigenvalue weighted by Gasteiger charge is -2.16. The maximum atomic E-state index is 12.0. The number of thioether (sulfide) groups is 1. The lowest BCUT2D eigenvalue weighted by Crippen LogP contribution is -2.26. The number of hydrogen-bond donors (Lipinski definition) is 0. The van der Waals surface area contributed by atoms with Crippen molar-refractivity contribution in [1.82, 2.24) is 9.97 Å². The minimum atomic E-state index is -0.0346. The van der Waals surface area contributed by atoms with Gasteiger partial charge in [0.2, 0.25) is 5.91 Å². The first-order chi connectivity index (χ1) is 8.97. The summed E-state index contributed by atoms with van der Waals surface area (Å²) in [6.45, 7) is 2.05. The molecule has 1 aliphatic rings. The molecule has 0 aromatic carbocycles. The highest BCUT2D eigenvalue weighted by Crippen LogP contribution is 2.30. The molecule has 1 aromatic heterocycles. The maximum Gasteiger partial charge on any atom is 0.228 e. The van der Waals surface area contributed by atoms with Crippen LogP contribution in [0.3, 0.4) is 0 Å². The van der Waals surface area contributed by atoms with Crippen molar-refractivity contribution in [3.05, 3.63) is 16.0 Å². The summed E-state index contributed by atoms with van der Waals surface area (Å²) < 4.78 is 0.525. The molecule has 1 aromatic rings. The third kappa shape index (κ3) is 3.67. The normalized spacial score (nSPS) is 19.0. The van der Waals surface area contributed by atoms with E-state index in [1.54, 1.807) is 0 Å². The molecule has 2 rings (SSSR count). The van der Waals surface area contributed by atoms with Crippen molar-refractivity contribution in [3.8, 4) is 0 Å². The minimum absolute atomic E-state index is 0.0346. The number of hydrogen-bond acceptors (Lipinski definition) is 5. The number of nitrogens with zero attached hydrogens (tertiary/aromatic N) is 3. The second kappa shape index (κ2) is 6.19. The first-order valence-electron chi connectivity index (χ1n) is 5.59. The van der Waals surface area contributed by atoms with Crippen molar-refractivity contribution < 1.29 is 9.59 Å². The van der Waals surface area contributed by atoms with Gasteiger partial charge in [0.05, 0.1) is 6.20 Å². The molecule has 19 heavy (non-hydrogen) atoms. The van der Waals surface area contributed by atoms with Crippen LogP contribution in [0.25, 0.3) is 0 Å². The first kappa shape index (κ1) is 14.7. The number of anilines is 1. The Labute approximate surface area is 128 Å². The highest BCUT2D eigenvalue weighted by Gasteiger charge is 2.33. The van der Waals surface area contributed by atoms with Gasteiger partial charge in [-0.25, -0.2) is 9.97 Å². The van der Waals surface area contributed by atoms with Crippen molar-refractivity contribution in [2.45, 2.75) is 13.3 Å². The first-order valence-corrected chi connectivity index (χ1v) is 7.75. The largest absolute Gasteiger partial charge is 0.294 e. The van der Waals surface area contributed by atoms with Crippen molar-refractivity contribution in [1.29, 1.82) is 0 Å². The van der Waals surface area contributed by atoms with E-state index in [0.29, 0.717) is 29.1 Å². The summed E-state index contributed by atoms with van der Waals surface area (Å²) in [5, 5.41) is 0.259. The Bertz CT molecular complexity index is 529. The number of aromatic nitrogens is 2. The molecule has 1 aliphatic heterocycles. The third-order valence-corrected chi connectivity index (χ3v) is 4.35. The molecule has 1 amide bonds. The van der Waals surface area contributed by atoms with E-state index in [-0.39, 0.29) is 22.1 Å². The van der Waals surface area contributed by atoms with Gasteiger partial charge in [0.15, 0.2) is 16.1 Å². The number of carbonyl (C=O) groups is 2. The van der Waals surface area contributed by atoms with Crippen LogP contribution >= 0.6 is 39.3 Å². The van der Waals surface area contributed by atoms with Crippen LogP contribution in [0.2, 0.25) is 5.15 Å². The van der Waals surface area contributed by atoms with Gasteiger partial charge in [-0.1, -0.05) is 23.4 Å². The minimum Gasteiger partial charge on any atom is -0.294 e. The molecule has 0 saturated carbocycles. The van der Waals surface area contributed by atoms with Gasteiger partial charge in [0, 0.05) is 25.6 Å². The molecule has 0 bridgehead atoms. The van der Waals surface area contributed by atoms with Crippen LogP contribution in [0.1, 0.15) is 13.3 Å². The van der Waals surface area contributed by atoms with Crippen LogP contribution in [0.4, 0.5) is 5.82 Å². The third-order valence-electron chi connectivity index (χ3n) is 2.67. The molecular weight excluding hydrogens is 354 g/mol. The molecule has 1 unspecified atom stereocenters. The Kier molecular flexibility index (Phi) is 4.81. The van der Waals surface area contributed by atoms with Gasteiger partial charge in [-0.05, 0) is 21.8 Å². The number of halogens is 2. The fourth-order valence-electron chi connectivity index (χ4n) is 1.85. The van der Waals surface area contributed by atoms with Gasteiger partial charge in [-0.3, -0.25) is 14.5 Å². The Balaban J connectivity index is 2.09. The van der Waals surface area contributed by atoms with Crippen molar-refractivity contribution in [3.63, 3.8) is 0 Å². The van der Waals surface area contributed by atoms with Crippen molar-refractivity contribution in [2.75, 3.05) is 17.2 Å². The summed E-state index contributed by atoms with van der Waals surface area (Å²) >= 11 is 10.4. The van der Waals surface area contributed by atoms with Crippen LogP contribution in [0.15, 0.2) is 10.8 Å². The average molecular weight is 365 g/mol. The van der Waals surface area contributed by atoms with Crippen molar-refractivity contribution in [2.24, 2.45) is 5.92 Å². The predicted molar refractivity (Wildman–Crippen MR) is 78.3 cm³/mol. The molecular formula is C11H11BrClN3O2S. The zero-order valence-electron chi connectivity index (χ0n) is 10.1. The van der Waals surface area contributed by atoms with Crippen LogP contribution in [0, 0.1) is 5.92 Å². The van der Waals surface area contributed by atoms with E-state index in [2.05, 4.69) is 25.9 Å². The van der Waals surface area contributed by atoms with E-state index < -0.39 is 0 Å². The van der Waals surface area contributed by atoms with E-state index >= 15 is 0 Å². The topological polar surface area (TPSA) is 63.2 Å². The SMILES string of the molecule is CC(=O)SCC1CC(=O)N(c2ncc(Br)nc2Cl)C1. The zero-order chi connectivity index (χ0) is 14.0. The lowest BCUT2D eigenvalue weighted by atomic mass is 10.1. The maximum absolute atomic E-state index is 12.0. The summed E-state index contributed by atoms with van der Waals surface area (Å²) in [7, 11) is 0. The molecule has 1 fully saturated rings. The zero-order valence-corrected chi connectivity index (χ0v) is 13.3.